The first kappa shape index (κ1) is 19.9. The lowest BCUT2D eigenvalue weighted by Gasteiger charge is -2.13. The molecule has 1 atom stereocenters. The Morgan fingerprint density at radius 2 is 1.71 bits per heavy atom. The van der Waals surface area contributed by atoms with E-state index in [0.717, 1.165) is 22.4 Å². The van der Waals surface area contributed by atoms with E-state index in [1.54, 1.807) is 6.07 Å². The summed E-state index contributed by atoms with van der Waals surface area (Å²) >= 11 is 1.32. The summed E-state index contributed by atoms with van der Waals surface area (Å²) in [6.07, 6.45) is 0. The van der Waals surface area contributed by atoms with Gasteiger partial charge in [-0.15, -0.1) is 0 Å². The molecule has 1 amide bonds. The highest BCUT2D eigenvalue weighted by Gasteiger charge is 2.16. The van der Waals surface area contributed by atoms with Crippen molar-refractivity contribution in [1.82, 2.24) is 9.78 Å². The first-order valence-electron chi connectivity index (χ1n) is 9.06. The van der Waals surface area contributed by atoms with Gasteiger partial charge in [-0.2, -0.15) is 9.78 Å². The van der Waals surface area contributed by atoms with E-state index in [1.807, 2.05) is 70.2 Å². The number of amides is 1. The lowest BCUT2D eigenvalue weighted by molar-refractivity contribution is -0.115. The van der Waals surface area contributed by atoms with E-state index in [4.69, 9.17) is 0 Å². The maximum absolute atomic E-state index is 12.5. The molecule has 1 heterocycles. The van der Waals surface area contributed by atoms with Gasteiger partial charge in [0.2, 0.25) is 5.91 Å². The number of rotatable bonds is 5. The molecule has 0 fully saturated rings. The van der Waals surface area contributed by atoms with Crippen molar-refractivity contribution < 1.29 is 4.79 Å². The lowest BCUT2D eigenvalue weighted by atomic mass is 10.1. The number of anilines is 1. The monoisotopic (exact) mass is 393 g/mol. The van der Waals surface area contributed by atoms with E-state index in [2.05, 4.69) is 10.4 Å². The van der Waals surface area contributed by atoms with E-state index in [1.165, 1.54) is 22.5 Å². The second-order valence-corrected chi connectivity index (χ2v) is 8.17. The Balaban J connectivity index is 1.76. The normalized spacial score (nSPS) is 11.9. The SMILES string of the molecule is Cc1ccc(NC(=O)[C@H](C)Sc2ccc(=O)n(-c3ccc(C)c(C)c3)n2)cc1. The zero-order valence-corrected chi connectivity index (χ0v) is 17.2. The van der Waals surface area contributed by atoms with E-state index < -0.39 is 0 Å². The summed E-state index contributed by atoms with van der Waals surface area (Å²) in [5, 5.41) is 7.60. The summed E-state index contributed by atoms with van der Waals surface area (Å²) < 4.78 is 1.37. The van der Waals surface area contributed by atoms with Gasteiger partial charge >= 0.3 is 0 Å². The van der Waals surface area contributed by atoms with Crippen molar-refractivity contribution in [3.05, 3.63) is 81.6 Å². The molecule has 28 heavy (non-hydrogen) atoms. The van der Waals surface area contributed by atoms with Crippen LogP contribution >= 0.6 is 11.8 Å². The van der Waals surface area contributed by atoms with Gasteiger partial charge in [0.1, 0.15) is 5.03 Å². The van der Waals surface area contributed by atoms with Crippen molar-refractivity contribution in [2.45, 2.75) is 38.0 Å². The van der Waals surface area contributed by atoms with Crippen LogP contribution in [-0.2, 0) is 4.79 Å². The molecule has 0 spiro atoms. The van der Waals surface area contributed by atoms with E-state index in [-0.39, 0.29) is 16.7 Å². The Labute approximate surface area is 168 Å². The molecule has 3 rings (SSSR count). The molecule has 3 aromatic rings. The van der Waals surface area contributed by atoms with Crippen LogP contribution in [0.5, 0.6) is 0 Å². The van der Waals surface area contributed by atoms with Crippen LogP contribution in [0.25, 0.3) is 5.69 Å². The highest BCUT2D eigenvalue weighted by Crippen LogP contribution is 2.22. The van der Waals surface area contributed by atoms with Gasteiger partial charge in [0.15, 0.2) is 0 Å². The first-order chi connectivity index (χ1) is 13.3. The Kier molecular flexibility index (Phi) is 5.99. The molecule has 144 valence electrons. The van der Waals surface area contributed by atoms with Crippen molar-refractivity contribution in [2.75, 3.05) is 5.32 Å². The fraction of sp³-hybridized carbons (Fsp3) is 0.227. The summed E-state index contributed by atoms with van der Waals surface area (Å²) in [6, 6.07) is 16.6. The average molecular weight is 394 g/mol. The lowest BCUT2D eigenvalue weighted by Crippen LogP contribution is -2.24. The Morgan fingerprint density at radius 3 is 2.39 bits per heavy atom. The standard InChI is InChI=1S/C22H23N3O2S/c1-14-5-8-18(9-6-14)23-22(27)17(4)28-20-11-12-21(26)25(24-20)19-10-7-15(2)16(3)13-19/h5-13,17H,1-4H3,(H,23,27)/t17-/m0/s1. The van der Waals surface area contributed by atoms with Crippen molar-refractivity contribution in [3.63, 3.8) is 0 Å². The van der Waals surface area contributed by atoms with Gasteiger partial charge < -0.3 is 5.32 Å². The second kappa shape index (κ2) is 8.44. The number of hydrogen-bond donors (Lipinski definition) is 1. The fourth-order valence-corrected chi connectivity index (χ4v) is 3.42. The molecule has 0 bridgehead atoms. The molecule has 0 saturated carbocycles. The molecule has 0 radical (unpaired) electrons. The maximum atomic E-state index is 12.5. The zero-order chi connectivity index (χ0) is 20.3. The molecule has 0 unspecified atom stereocenters. The molecule has 0 aliphatic heterocycles. The van der Waals surface area contributed by atoms with Gasteiger partial charge in [-0.25, -0.2) is 0 Å². The van der Waals surface area contributed by atoms with Crippen LogP contribution < -0.4 is 10.9 Å². The number of aromatic nitrogens is 2. The van der Waals surface area contributed by atoms with Gasteiger partial charge in [-0.05, 0) is 69.2 Å². The van der Waals surface area contributed by atoms with Crippen molar-refractivity contribution >= 4 is 23.4 Å². The molecular weight excluding hydrogens is 370 g/mol. The first-order valence-corrected chi connectivity index (χ1v) is 9.93. The van der Waals surface area contributed by atoms with Gasteiger partial charge in [0.25, 0.3) is 5.56 Å². The van der Waals surface area contributed by atoms with Crippen LogP contribution in [0.15, 0.2) is 64.4 Å². The number of carbonyl (C=O) groups is 1. The predicted octanol–water partition coefficient (Wildman–Crippen LogP) is 4.28. The quantitative estimate of drug-likeness (QED) is 0.657. The summed E-state index contributed by atoms with van der Waals surface area (Å²) in [4.78, 5) is 24.7. The van der Waals surface area contributed by atoms with E-state index in [9.17, 15) is 9.59 Å². The minimum absolute atomic E-state index is 0.111. The van der Waals surface area contributed by atoms with Crippen LogP contribution in [0.1, 0.15) is 23.6 Å². The number of thioether (sulfide) groups is 1. The van der Waals surface area contributed by atoms with Crippen LogP contribution in [0, 0.1) is 20.8 Å². The van der Waals surface area contributed by atoms with E-state index in [0.29, 0.717) is 10.7 Å². The summed E-state index contributed by atoms with van der Waals surface area (Å²) in [6.45, 7) is 7.84. The Morgan fingerprint density at radius 1 is 1.00 bits per heavy atom. The maximum Gasteiger partial charge on any atom is 0.271 e. The summed E-state index contributed by atoms with van der Waals surface area (Å²) in [5.74, 6) is -0.111. The second-order valence-electron chi connectivity index (χ2n) is 6.81. The topological polar surface area (TPSA) is 64.0 Å². The van der Waals surface area contributed by atoms with Crippen molar-refractivity contribution in [2.24, 2.45) is 0 Å². The number of aryl methyl sites for hydroxylation is 3. The predicted molar refractivity (Wildman–Crippen MR) is 114 cm³/mol. The van der Waals surface area contributed by atoms with Gasteiger partial charge in [-0.3, -0.25) is 9.59 Å². The average Bonchev–Trinajstić information content (AvgIpc) is 2.67. The molecule has 0 aliphatic carbocycles. The van der Waals surface area contributed by atoms with Gasteiger partial charge in [-0.1, -0.05) is 35.5 Å². The summed E-state index contributed by atoms with van der Waals surface area (Å²) in [5.41, 5.74) is 4.66. The molecule has 1 aromatic heterocycles. The number of nitrogens with one attached hydrogen (secondary N) is 1. The molecule has 1 N–H and O–H groups in total. The molecule has 0 saturated heterocycles. The number of benzene rings is 2. The zero-order valence-electron chi connectivity index (χ0n) is 16.4. The molecule has 5 nitrogen and oxygen atoms in total. The van der Waals surface area contributed by atoms with Crippen molar-refractivity contribution in [3.8, 4) is 5.69 Å². The van der Waals surface area contributed by atoms with Crippen LogP contribution in [0.4, 0.5) is 5.69 Å². The highest BCUT2D eigenvalue weighted by molar-refractivity contribution is 8.00. The third-order valence-electron chi connectivity index (χ3n) is 4.50. The van der Waals surface area contributed by atoms with E-state index >= 15 is 0 Å². The van der Waals surface area contributed by atoms with Crippen LogP contribution in [0.3, 0.4) is 0 Å². The Hall–Kier alpha value is -2.86. The number of hydrogen-bond acceptors (Lipinski definition) is 4. The van der Waals surface area contributed by atoms with Crippen LogP contribution in [-0.4, -0.2) is 20.9 Å². The third kappa shape index (κ3) is 4.70. The smallest absolute Gasteiger partial charge is 0.271 e. The summed E-state index contributed by atoms with van der Waals surface area (Å²) in [7, 11) is 0. The minimum atomic E-state index is -0.362. The number of carbonyl (C=O) groups excluding carboxylic acids is 1. The van der Waals surface area contributed by atoms with Gasteiger partial charge in [0.05, 0.1) is 10.9 Å². The highest BCUT2D eigenvalue weighted by atomic mass is 32.2. The Bertz CT molecular complexity index is 1060. The third-order valence-corrected chi connectivity index (χ3v) is 5.52. The van der Waals surface area contributed by atoms with Gasteiger partial charge in [0, 0.05) is 11.8 Å². The largest absolute Gasteiger partial charge is 0.325 e. The molecule has 0 aliphatic rings. The van der Waals surface area contributed by atoms with Crippen molar-refractivity contribution in [1.29, 1.82) is 0 Å². The molecule has 2 aromatic carbocycles. The minimum Gasteiger partial charge on any atom is -0.325 e. The fourth-order valence-electron chi connectivity index (χ4n) is 2.61. The van der Waals surface area contributed by atoms with Crippen LogP contribution in [0.2, 0.25) is 0 Å². The number of nitrogens with zero attached hydrogens (tertiary/aromatic N) is 2. The molecule has 6 heteroatoms. The molecular formula is C22H23N3O2S.